The first-order valence-electron chi connectivity index (χ1n) is 8.22. The fraction of sp³-hybridized carbons (Fsp3) is 0.0476. The Labute approximate surface area is 170 Å². The fourth-order valence-corrected chi connectivity index (χ4v) is 4.84. The molecule has 6 heteroatoms. The summed E-state index contributed by atoms with van der Waals surface area (Å²) in [6.07, 6.45) is 0. The van der Waals surface area contributed by atoms with Gasteiger partial charge in [-0.1, -0.05) is 47.6 Å². The van der Waals surface area contributed by atoms with Crippen molar-refractivity contribution in [3.63, 3.8) is 0 Å². The maximum Gasteiger partial charge on any atom is 0.272 e. The minimum absolute atomic E-state index is 0.284. The molecule has 2 amide bonds. The lowest BCUT2D eigenvalue weighted by molar-refractivity contribution is -0.119. The number of benzene rings is 2. The molecule has 134 valence electrons. The highest BCUT2D eigenvalue weighted by Crippen LogP contribution is 2.43. The molecule has 0 spiro atoms. The average Bonchev–Trinajstić information content (AvgIpc) is 3.25. The molecule has 1 aliphatic heterocycles. The van der Waals surface area contributed by atoms with Crippen LogP contribution in [-0.4, -0.2) is 11.8 Å². The number of carbonyl (C=O) groups is 2. The minimum Gasteiger partial charge on any atom is -0.268 e. The predicted octanol–water partition coefficient (Wildman–Crippen LogP) is 5.79. The fourth-order valence-electron chi connectivity index (χ4n) is 2.90. The molecule has 2 heterocycles. The number of para-hydroxylation sites is 1. The summed E-state index contributed by atoms with van der Waals surface area (Å²) in [5.41, 5.74) is 1.95. The molecule has 0 atom stereocenters. The Balaban J connectivity index is 1.81. The average molecular weight is 412 g/mol. The van der Waals surface area contributed by atoms with E-state index in [-0.39, 0.29) is 11.8 Å². The summed E-state index contributed by atoms with van der Waals surface area (Å²) in [6, 6.07) is 18.4. The normalized spacial score (nSPS) is 14.4. The monoisotopic (exact) mass is 411 g/mol. The van der Waals surface area contributed by atoms with E-state index in [1.54, 1.807) is 18.2 Å². The standard InChI is InChI=1S/C21H14ClNO2S2/c1-13-5-2-3-6-16(13)23-20(24)18(17-7-4-12-26-17)19(21(23)25)27-15-10-8-14(22)9-11-15/h2-12H,1H3. The molecule has 0 bridgehead atoms. The highest BCUT2D eigenvalue weighted by molar-refractivity contribution is 8.04. The molecule has 0 saturated heterocycles. The lowest BCUT2D eigenvalue weighted by Crippen LogP contribution is -2.31. The number of hydrogen-bond donors (Lipinski definition) is 0. The number of halogens is 1. The molecule has 0 radical (unpaired) electrons. The van der Waals surface area contributed by atoms with Crippen molar-refractivity contribution >= 4 is 57.8 Å². The van der Waals surface area contributed by atoms with Gasteiger partial charge in [0, 0.05) is 14.8 Å². The largest absolute Gasteiger partial charge is 0.272 e. The zero-order valence-corrected chi connectivity index (χ0v) is 16.7. The SMILES string of the molecule is Cc1ccccc1N1C(=O)C(Sc2ccc(Cl)cc2)=C(c2cccs2)C1=O. The van der Waals surface area contributed by atoms with Crippen LogP contribution >= 0.6 is 34.7 Å². The third-order valence-electron chi connectivity index (χ3n) is 4.20. The molecule has 3 nitrogen and oxygen atoms in total. The summed E-state index contributed by atoms with van der Waals surface area (Å²) in [5.74, 6) is -0.578. The van der Waals surface area contributed by atoms with Crippen LogP contribution in [-0.2, 0) is 9.59 Å². The van der Waals surface area contributed by atoms with Crippen LogP contribution < -0.4 is 4.90 Å². The van der Waals surface area contributed by atoms with Gasteiger partial charge in [-0.3, -0.25) is 9.59 Å². The summed E-state index contributed by atoms with van der Waals surface area (Å²) in [6.45, 7) is 1.89. The van der Waals surface area contributed by atoms with Gasteiger partial charge in [0.2, 0.25) is 0 Å². The number of hydrogen-bond acceptors (Lipinski definition) is 4. The van der Waals surface area contributed by atoms with E-state index < -0.39 is 0 Å². The van der Waals surface area contributed by atoms with Crippen molar-refractivity contribution in [2.24, 2.45) is 0 Å². The van der Waals surface area contributed by atoms with Crippen molar-refractivity contribution in [1.82, 2.24) is 0 Å². The molecule has 0 saturated carbocycles. The summed E-state index contributed by atoms with van der Waals surface area (Å²) in [5, 5.41) is 2.53. The quantitative estimate of drug-likeness (QED) is 0.510. The van der Waals surface area contributed by atoms with Gasteiger partial charge < -0.3 is 0 Å². The Hall–Kier alpha value is -2.34. The van der Waals surface area contributed by atoms with Gasteiger partial charge in [-0.25, -0.2) is 4.90 Å². The molecule has 1 aromatic heterocycles. The van der Waals surface area contributed by atoms with Gasteiger partial charge in [-0.05, 0) is 54.3 Å². The number of nitrogens with zero attached hydrogens (tertiary/aromatic N) is 1. The Morgan fingerprint density at radius 1 is 0.926 bits per heavy atom. The molecule has 0 aliphatic carbocycles. The Kier molecular flexibility index (Phi) is 4.91. The van der Waals surface area contributed by atoms with E-state index in [9.17, 15) is 9.59 Å². The van der Waals surface area contributed by atoms with E-state index in [0.29, 0.717) is 21.2 Å². The minimum atomic E-state index is -0.294. The first-order chi connectivity index (χ1) is 13.1. The van der Waals surface area contributed by atoms with Crippen LogP contribution in [0.3, 0.4) is 0 Å². The zero-order valence-electron chi connectivity index (χ0n) is 14.3. The maximum absolute atomic E-state index is 13.3. The number of carbonyl (C=O) groups excluding carboxylic acids is 2. The Morgan fingerprint density at radius 2 is 1.67 bits per heavy atom. The second kappa shape index (κ2) is 7.35. The van der Waals surface area contributed by atoms with Gasteiger partial charge >= 0.3 is 0 Å². The van der Waals surface area contributed by atoms with Crippen molar-refractivity contribution in [3.8, 4) is 0 Å². The number of anilines is 1. The molecule has 0 N–H and O–H groups in total. The van der Waals surface area contributed by atoms with Crippen LogP contribution in [0.1, 0.15) is 10.4 Å². The van der Waals surface area contributed by atoms with Crippen LogP contribution in [0.4, 0.5) is 5.69 Å². The number of thioether (sulfide) groups is 1. The number of aryl methyl sites for hydroxylation is 1. The van der Waals surface area contributed by atoms with Crippen molar-refractivity contribution in [3.05, 3.63) is 86.4 Å². The molecule has 1 aliphatic rings. The van der Waals surface area contributed by atoms with Gasteiger partial charge in [0.1, 0.15) is 0 Å². The van der Waals surface area contributed by atoms with E-state index in [0.717, 1.165) is 15.3 Å². The van der Waals surface area contributed by atoms with Crippen molar-refractivity contribution in [2.45, 2.75) is 11.8 Å². The molecular weight excluding hydrogens is 398 g/mol. The third-order valence-corrected chi connectivity index (χ3v) is 6.43. The first kappa shape index (κ1) is 18.0. The van der Waals surface area contributed by atoms with Crippen LogP contribution in [0.25, 0.3) is 5.57 Å². The molecule has 0 fully saturated rings. The van der Waals surface area contributed by atoms with Crippen LogP contribution in [0, 0.1) is 6.92 Å². The van der Waals surface area contributed by atoms with Crippen molar-refractivity contribution < 1.29 is 9.59 Å². The second-order valence-electron chi connectivity index (χ2n) is 5.97. The molecule has 27 heavy (non-hydrogen) atoms. The Bertz CT molecular complexity index is 1060. The van der Waals surface area contributed by atoms with Gasteiger partial charge in [0.25, 0.3) is 11.8 Å². The van der Waals surface area contributed by atoms with Gasteiger partial charge in [-0.15, -0.1) is 11.3 Å². The molecule has 2 aromatic carbocycles. The van der Waals surface area contributed by atoms with E-state index in [1.165, 1.54) is 28.0 Å². The first-order valence-corrected chi connectivity index (χ1v) is 10.3. The predicted molar refractivity (Wildman–Crippen MR) is 112 cm³/mol. The van der Waals surface area contributed by atoms with Crippen LogP contribution in [0.15, 0.2) is 75.8 Å². The highest BCUT2D eigenvalue weighted by atomic mass is 35.5. The van der Waals surface area contributed by atoms with E-state index >= 15 is 0 Å². The lowest BCUT2D eigenvalue weighted by Gasteiger charge is -2.17. The van der Waals surface area contributed by atoms with E-state index in [4.69, 9.17) is 11.6 Å². The zero-order chi connectivity index (χ0) is 19.0. The van der Waals surface area contributed by atoms with Gasteiger partial charge in [0.05, 0.1) is 16.2 Å². The Morgan fingerprint density at radius 3 is 2.33 bits per heavy atom. The molecule has 0 unspecified atom stereocenters. The van der Waals surface area contributed by atoms with Crippen LogP contribution in [0.2, 0.25) is 5.02 Å². The van der Waals surface area contributed by atoms with Crippen molar-refractivity contribution in [2.75, 3.05) is 4.90 Å². The highest BCUT2D eigenvalue weighted by Gasteiger charge is 2.41. The number of rotatable bonds is 4. The summed E-state index contributed by atoms with van der Waals surface area (Å²) >= 11 is 8.71. The molecule has 3 aromatic rings. The maximum atomic E-state index is 13.3. The number of imide groups is 1. The summed E-state index contributed by atoms with van der Waals surface area (Å²) in [7, 11) is 0. The third kappa shape index (κ3) is 3.34. The summed E-state index contributed by atoms with van der Waals surface area (Å²) in [4.78, 5) is 29.9. The molecular formula is C21H14ClNO2S2. The lowest BCUT2D eigenvalue weighted by atomic mass is 10.1. The number of thiophene rings is 1. The van der Waals surface area contributed by atoms with Gasteiger partial charge in [0.15, 0.2) is 0 Å². The smallest absolute Gasteiger partial charge is 0.268 e. The van der Waals surface area contributed by atoms with Gasteiger partial charge in [-0.2, -0.15) is 0 Å². The van der Waals surface area contributed by atoms with Crippen LogP contribution in [0.5, 0.6) is 0 Å². The van der Waals surface area contributed by atoms with Crippen molar-refractivity contribution in [1.29, 1.82) is 0 Å². The topological polar surface area (TPSA) is 37.4 Å². The van der Waals surface area contributed by atoms with E-state index in [2.05, 4.69) is 0 Å². The van der Waals surface area contributed by atoms with E-state index in [1.807, 2.05) is 54.8 Å². The number of amides is 2. The molecule has 4 rings (SSSR count). The second-order valence-corrected chi connectivity index (χ2v) is 8.44. The summed E-state index contributed by atoms with van der Waals surface area (Å²) < 4.78 is 0.